The minimum Gasteiger partial charge on any atom is -0.497 e. The van der Waals surface area contributed by atoms with Crippen LogP contribution >= 0.6 is 0 Å². The van der Waals surface area contributed by atoms with E-state index in [2.05, 4.69) is 0 Å². The second-order valence-corrected chi connectivity index (χ2v) is 4.54. The van der Waals surface area contributed by atoms with E-state index in [9.17, 15) is 4.79 Å². The molecule has 0 N–H and O–H groups in total. The van der Waals surface area contributed by atoms with Crippen LogP contribution in [0.5, 0.6) is 5.75 Å². The highest BCUT2D eigenvalue weighted by Gasteiger charge is 2.15. The fourth-order valence-electron chi connectivity index (χ4n) is 2.24. The molecule has 0 radical (unpaired) electrons. The second kappa shape index (κ2) is 4.86. The lowest BCUT2D eigenvalue weighted by Gasteiger charge is -2.05. The summed E-state index contributed by atoms with van der Waals surface area (Å²) >= 11 is 0. The molecule has 0 atom stereocenters. The summed E-state index contributed by atoms with van der Waals surface area (Å²) < 4.78 is 10.5. The second-order valence-electron chi connectivity index (χ2n) is 4.54. The van der Waals surface area contributed by atoms with Gasteiger partial charge in [0, 0.05) is 11.1 Å². The summed E-state index contributed by atoms with van der Waals surface area (Å²) in [7, 11) is 1.59. The lowest BCUT2D eigenvalue weighted by Crippen LogP contribution is -2.02. The normalized spacial score (nSPS) is 13.1. The third-order valence-corrected chi connectivity index (χ3v) is 3.32. The molecular formula is C16H14O3. The number of carbonyl (C=O) groups is 1. The van der Waals surface area contributed by atoms with Crippen molar-refractivity contribution in [1.29, 1.82) is 0 Å². The predicted octanol–water partition coefficient (Wildman–Crippen LogP) is 2.96. The van der Waals surface area contributed by atoms with Crippen LogP contribution in [0.1, 0.15) is 27.0 Å². The van der Waals surface area contributed by atoms with Gasteiger partial charge in [0.1, 0.15) is 5.75 Å². The number of methoxy groups -OCH3 is 1. The predicted molar refractivity (Wildman–Crippen MR) is 71.4 cm³/mol. The molecule has 0 aliphatic carbocycles. The Kier molecular flexibility index (Phi) is 3.05. The van der Waals surface area contributed by atoms with Crippen LogP contribution in [0.3, 0.4) is 0 Å². The Hall–Kier alpha value is -2.13. The average Bonchev–Trinajstić information content (AvgIpc) is 2.94. The molecular weight excluding hydrogens is 240 g/mol. The van der Waals surface area contributed by atoms with Crippen molar-refractivity contribution in [1.82, 2.24) is 0 Å². The molecule has 0 spiro atoms. The van der Waals surface area contributed by atoms with Gasteiger partial charge in [0.05, 0.1) is 20.3 Å². The molecule has 0 bridgehead atoms. The number of carbonyl (C=O) groups excluding carboxylic acids is 1. The third-order valence-electron chi connectivity index (χ3n) is 3.32. The number of fused-ring (bicyclic) bond motifs is 1. The summed E-state index contributed by atoms with van der Waals surface area (Å²) in [6.07, 6.45) is 0. The molecule has 3 nitrogen and oxygen atoms in total. The van der Waals surface area contributed by atoms with Crippen LogP contribution in [0, 0.1) is 0 Å². The fraction of sp³-hybridized carbons (Fsp3) is 0.188. The van der Waals surface area contributed by atoms with E-state index in [0.717, 1.165) is 5.56 Å². The molecule has 0 fully saturated rings. The summed E-state index contributed by atoms with van der Waals surface area (Å²) in [6.45, 7) is 1.23. The van der Waals surface area contributed by atoms with Crippen LogP contribution in [-0.4, -0.2) is 12.9 Å². The van der Waals surface area contributed by atoms with Crippen molar-refractivity contribution in [2.75, 3.05) is 7.11 Å². The Morgan fingerprint density at radius 2 is 1.84 bits per heavy atom. The maximum Gasteiger partial charge on any atom is 0.193 e. The largest absolute Gasteiger partial charge is 0.497 e. The third kappa shape index (κ3) is 2.25. The first-order valence-corrected chi connectivity index (χ1v) is 6.16. The van der Waals surface area contributed by atoms with Gasteiger partial charge in [-0.1, -0.05) is 24.3 Å². The fourth-order valence-corrected chi connectivity index (χ4v) is 2.24. The topological polar surface area (TPSA) is 35.5 Å². The summed E-state index contributed by atoms with van der Waals surface area (Å²) in [6, 6.07) is 13.0. The zero-order valence-electron chi connectivity index (χ0n) is 10.7. The van der Waals surface area contributed by atoms with Gasteiger partial charge in [0.25, 0.3) is 0 Å². The Balaban J connectivity index is 1.95. The number of rotatable bonds is 3. The monoisotopic (exact) mass is 254 g/mol. The van der Waals surface area contributed by atoms with Gasteiger partial charge < -0.3 is 9.47 Å². The van der Waals surface area contributed by atoms with E-state index < -0.39 is 0 Å². The molecule has 0 aromatic heterocycles. The van der Waals surface area contributed by atoms with Crippen molar-refractivity contribution in [3.8, 4) is 5.75 Å². The Bertz CT molecular complexity index is 632. The summed E-state index contributed by atoms with van der Waals surface area (Å²) in [5, 5.41) is 0. The molecule has 3 rings (SSSR count). The van der Waals surface area contributed by atoms with Gasteiger partial charge in [0.2, 0.25) is 0 Å². The molecule has 1 aliphatic rings. The molecule has 1 heterocycles. The first-order chi connectivity index (χ1) is 9.28. The molecule has 3 heteroatoms. The molecule has 2 aromatic carbocycles. The Morgan fingerprint density at radius 3 is 2.68 bits per heavy atom. The van der Waals surface area contributed by atoms with Crippen molar-refractivity contribution in [2.24, 2.45) is 0 Å². The van der Waals surface area contributed by atoms with Gasteiger partial charge in [0.15, 0.2) is 5.78 Å². The highest BCUT2D eigenvalue weighted by atomic mass is 16.5. The molecule has 0 unspecified atom stereocenters. The maximum absolute atomic E-state index is 12.4. The lowest BCUT2D eigenvalue weighted by atomic mass is 9.99. The zero-order chi connectivity index (χ0) is 13.2. The highest BCUT2D eigenvalue weighted by molar-refractivity contribution is 6.09. The van der Waals surface area contributed by atoms with E-state index in [4.69, 9.17) is 9.47 Å². The van der Waals surface area contributed by atoms with Gasteiger partial charge in [-0.25, -0.2) is 0 Å². The van der Waals surface area contributed by atoms with Crippen molar-refractivity contribution in [3.05, 3.63) is 64.7 Å². The highest BCUT2D eigenvalue weighted by Crippen LogP contribution is 2.23. The number of hydrogen-bond acceptors (Lipinski definition) is 3. The summed E-state index contributed by atoms with van der Waals surface area (Å²) in [5.74, 6) is 0.698. The van der Waals surface area contributed by atoms with Crippen LogP contribution in [0.15, 0.2) is 42.5 Å². The summed E-state index contributed by atoms with van der Waals surface area (Å²) in [4.78, 5) is 12.4. The smallest absolute Gasteiger partial charge is 0.193 e. The zero-order valence-corrected chi connectivity index (χ0v) is 10.7. The molecule has 0 saturated heterocycles. The maximum atomic E-state index is 12.4. The molecule has 96 valence electrons. The first-order valence-electron chi connectivity index (χ1n) is 6.16. The number of ketones is 1. The molecule has 19 heavy (non-hydrogen) atoms. The van der Waals surface area contributed by atoms with Crippen molar-refractivity contribution in [3.63, 3.8) is 0 Å². The van der Waals surface area contributed by atoms with E-state index in [1.165, 1.54) is 5.56 Å². The SMILES string of the molecule is COc1cccc(C(=O)c2ccc3c(c2)COC3)c1. The number of benzene rings is 2. The van der Waals surface area contributed by atoms with Crippen LogP contribution in [0.25, 0.3) is 0 Å². The van der Waals surface area contributed by atoms with E-state index in [1.807, 2.05) is 30.3 Å². The van der Waals surface area contributed by atoms with Crippen molar-refractivity contribution >= 4 is 5.78 Å². The van der Waals surface area contributed by atoms with E-state index >= 15 is 0 Å². The lowest BCUT2D eigenvalue weighted by molar-refractivity contribution is 0.103. The number of ether oxygens (including phenoxy) is 2. The number of hydrogen-bond donors (Lipinski definition) is 0. The van der Waals surface area contributed by atoms with Crippen molar-refractivity contribution < 1.29 is 14.3 Å². The summed E-state index contributed by atoms with van der Waals surface area (Å²) in [5.41, 5.74) is 3.60. The molecule has 0 saturated carbocycles. The van der Waals surface area contributed by atoms with E-state index in [-0.39, 0.29) is 5.78 Å². The van der Waals surface area contributed by atoms with Gasteiger partial charge in [-0.15, -0.1) is 0 Å². The van der Waals surface area contributed by atoms with E-state index in [0.29, 0.717) is 30.1 Å². The van der Waals surface area contributed by atoms with Gasteiger partial charge in [-0.05, 0) is 29.3 Å². The van der Waals surface area contributed by atoms with Gasteiger partial charge >= 0.3 is 0 Å². The average molecular weight is 254 g/mol. The molecule has 0 amide bonds. The minimum absolute atomic E-state index is 0.00796. The van der Waals surface area contributed by atoms with Crippen LogP contribution < -0.4 is 4.74 Å². The standard InChI is InChI=1S/C16H14O3/c1-18-15-4-2-3-11(8-15)16(17)12-5-6-13-9-19-10-14(13)7-12/h2-8H,9-10H2,1H3. The quantitative estimate of drug-likeness (QED) is 0.790. The van der Waals surface area contributed by atoms with Gasteiger partial charge in [-0.2, -0.15) is 0 Å². The molecule has 1 aliphatic heterocycles. The van der Waals surface area contributed by atoms with Gasteiger partial charge in [-0.3, -0.25) is 4.79 Å². The van der Waals surface area contributed by atoms with Crippen molar-refractivity contribution in [2.45, 2.75) is 13.2 Å². The van der Waals surface area contributed by atoms with Crippen LogP contribution in [-0.2, 0) is 18.0 Å². The van der Waals surface area contributed by atoms with Crippen LogP contribution in [0.2, 0.25) is 0 Å². The Labute approximate surface area is 111 Å². The minimum atomic E-state index is 0.00796. The Morgan fingerprint density at radius 1 is 1.05 bits per heavy atom. The van der Waals surface area contributed by atoms with E-state index in [1.54, 1.807) is 19.2 Å². The first kappa shape index (κ1) is 11.9. The van der Waals surface area contributed by atoms with Crippen LogP contribution in [0.4, 0.5) is 0 Å². The molecule has 2 aromatic rings.